The van der Waals surface area contributed by atoms with Crippen molar-refractivity contribution in [1.29, 1.82) is 0 Å². The topological polar surface area (TPSA) is 73.0 Å². The van der Waals surface area contributed by atoms with Crippen molar-refractivity contribution in [2.24, 2.45) is 7.05 Å². The summed E-state index contributed by atoms with van der Waals surface area (Å²) in [6, 6.07) is 6.61. The molecule has 2 rings (SSSR count). The highest BCUT2D eigenvalue weighted by Crippen LogP contribution is 2.12. The number of benzene rings is 1. The Morgan fingerprint density at radius 2 is 2.28 bits per heavy atom. The number of hydrogen-bond acceptors (Lipinski definition) is 4. The van der Waals surface area contributed by atoms with Crippen LogP contribution >= 0.6 is 0 Å². The van der Waals surface area contributed by atoms with Gasteiger partial charge in [0.1, 0.15) is 0 Å². The van der Waals surface area contributed by atoms with Crippen LogP contribution in [0.4, 0.5) is 5.69 Å². The van der Waals surface area contributed by atoms with Crippen molar-refractivity contribution in [2.45, 2.75) is 13.1 Å². The van der Waals surface area contributed by atoms with Crippen LogP contribution in [0.1, 0.15) is 11.3 Å². The second kappa shape index (κ2) is 5.42. The van der Waals surface area contributed by atoms with E-state index in [9.17, 15) is 10.1 Å². The minimum absolute atomic E-state index is 0.118. The first kappa shape index (κ1) is 12.3. The summed E-state index contributed by atoms with van der Waals surface area (Å²) in [5, 5.41) is 13.8. The van der Waals surface area contributed by atoms with Gasteiger partial charge in [0, 0.05) is 38.5 Å². The van der Waals surface area contributed by atoms with E-state index in [1.807, 2.05) is 23.9 Å². The maximum absolute atomic E-state index is 10.6. The molecule has 0 aliphatic rings. The molecule has 0 bridgehead atoms. The average Bonchev–Trinajstić information content (AvgIpc) is 2.75. The monoisotopic (exact) mass is 246 g/mol. The van der Waals surface area contributed by atoms with Crippen LogP contribution in [0.2, 0.25) is 0 Å². The van der Waals surface area contributed by atoms with Crippen molar-refractivity contribution in [3.05, 3.63) is 58.2 Å². The average molecular weight is 246 g/mol. The lowest BCUT2D eigenvalue weighted by atomic mass is 10.2. The van der Waals surface area contributed by atoms with Gasteiger partial charge in [-0.25, -0.2) is 4.98 Å². The van der Waals surface area contributed by atoms with Gasteiger partial charge in [0.15, 0.2) is 0 Å². The number of non-ortho nitro benzene ring substituents is 1. The molecule has 94 valence electrons. The first-order chi connectivity index (χ1) is 8.65. The second-order valence-electron chi connectivity index (χ2n) is 4.06. The highest BCUT2D eigenvalue weighted by molar-refractivity contribution is 5.34. The summed E-state index contributed by atoms with van der Waals surface area (Å²) in [5.41, 5.74) is 1.95. The van der Waals surface area contributed by atoms with E-state index in [4.69, 9.17) is 0 Å². The lowest BCUT2D eigenvalue weighted by Crippen LogP contribution is -2.13. The number of imidazole rings is 1. The van der Waals surface area contributed by atoms with Crippen LogP contribution in [-0.2, 0) is 20.1 Å². The van der Waals surface area contributed by atoms with E-state index in [0.29, 0.717) is 13.1 Å². The molecule has 0 fully saturated rings. The minimum atomic E-state index is -0.387. The van der Waals surface area contributed by atoms with Gasteiger partial charge >= 0.3 is 0 Å². The molecule has 0 spiro atoms. The highest BCUT2D eigenvalue weighted by Gasteiger charge is 2.05. The molecule has 2 aromatic rings. The number of nitro benzene ring substituents is 1. The molecule has 6 nitrogen and oxygen atoms in total. The van der Waals surface area contributed by atoms with Gasteiger partial charge in [-0.2, -0.15) is 0 Å². The summed E-state index contributed by atoms with van der Waals surface area (Å²) in [6.07, 6.45) is 3.67. The smallest absolute Gasteiger partial charge is 0.269 e. The van der Waals surface area contributed by atoms with E-state index in [-0.39, 0.29) is 10.6 Å². The Hall–Kier alpha value is -2.21. The Bertz CT molecular complexity index is 551. The van der Waals surface area contributed by atoms with Crippen molar-refractivity contribution < 1.29 is 4.92 Å². The molecule has 1 aromatic carbocycles. The van der Waals surface area contributed by atoms with Crippen LogP contribution in [-0.4, -0.2) is 14.5 Å². The predicted octanol–water partition coefficient (Wildman–Crippen LogP) is 1.62. The molecule has 6 heteroatoms. The molecule has 0 aliphatic heterocycles. The Morgan fingerprint density at radius 1 is 1.44 bits per heavy atom. The van der Waals surface area contributed by atoms with Crippen LogP contribution < -0.4 is 5.32 Å². The Kier molecular flexibility index (Phi) is 3.69. The number of hydrogen-bond donors (Lipinski definition) is 1. The maximum Gasteiger partial charge on any atom is 0.269 e. The van der Waals surface area contributed by atoms with Gasteiger partial charge in [-0.15, -0.1) is 0 Å². The second-order valence-corrected chi connectivity index (χ2v) is 4.06. The first-order valence-electron chi connectivity index (χ1n) is 5.56. The third-order valence-corrected chi connectivity index (χ3v) is 2.51. The van der Waals surface area contributed by atoms with Gasteiger partial charge in [0.2, 0.25) is 0 Å². The van der Waals surface area contributed by atoms with Crippen LogP contribution in [0.5, 0.6) is 0 Å². The predicted molar refractivity (Wildman–Crippen MR) is 66.8 cm³/mol. The van der Waals surface area contributed by atoms with E-state index in [1.54, 1.807) is 18.5 Å². The lowest BCUT2D eigenvalue weighted by molar-refractivity contribution is -0.384. The van der Waals surface area contributed by atoms with Crippen molar-refractivity contribution in [3.63, 3.8) is 0 Å². The largest absolute Gasteiger partial charge is 0.340 e. The lowest BCUT2D eigenvalue weighted by Gasteiger charge is -2.02. The molecule has 1 N–H and O–H groups in total. The van der Waals surface area contributed by atoms with Gasteiger partial charge in [-0.3, -0.25) is 10.1 Å². The normalized spacial score (nSPS) is 10.5. The van der Waals surface area contributed by atoms with Crippen LogP contribution in [0.25, 0.3) is 0 Å². The summed E-state index contributed by atoms with van der Waals surface area (Å²) in [7, 11) is 1.91. The zero-order chi connectivity index (χ0) is 13.0. The number of nitrogens with zero attached hydrogens (tertiary/aromatic N) is 3. The molecule has 0 atom stereocenters. The Morgan fingerprint density at radius 3 is 2.94 bits per heavy atom. The summed E-state index contributed by atoms with van der Waals surface area (Å²) in [5.74, 6) is 0. The van der Waals surface area contributed by atoms with Crippen LogP contribution in [0.3, 0.4) is 0 Å². The maximum atomic E-state index is 10.6. The van der Waals surface area contributed by atoms with Crippen molar-refractivity contribution >= 4 is 5.69 Å². The Labute approximate surface area is 104 Å². The third kappa shape index (κ3) is 3.14. The van der Waals surface area contributed by atoms with E-state index in [0.717, 1.165) is 11.3 Å². The van der Waals surface area contributed by atoms with Crippen LogP contribution in [0.15, 0.2) is 36.8 Å². The molecule has 1 heterocycles. The zero-order valence-electron chi connectivity index (χ0n) is 10.0. The van der Waals surface area contributed by atoms with E-state index < -0.39 is 0 Å². The summed E-state index contributed by atoms with van der Waals surface area (Å²) < 4.78 is 1.88. The summed E-state index contributed by atoms with van der Waals surface area (Å²) in [6.45, 7) is 1.22. The molecule has 0 saturated heterocycles. The van der Waals surface area contributed by atoms with Gasteiger partial charge in [-0.05, 0) is 5.56 Å². The molecular formula is C12H14N4O2. The molecule has 0 radical (unpaired) electrons. The highest BCUT2D eigenvalue weighted by atomic mass is 16.6. The molecule has 0 unspecified atom stereocenters. The van der Waals surface area contributed by atoms with Gasteiger partial charge < -0.3 is 9.88 Å². The summed E-state index contributed by atoms with van der Waals surface area (Å²) >= 11 is 0. The standard InChI is InChI=1S/C12H14N4O2/c1-15-8-11(14-9-15)7-13-6-10-3-2-4-12(5-10)16(17)18/h2-5,8-9,13H,6-7H2,1H3. The fourth-order valence-corrected chi connectivity index (χ4v) is 1.67. The molecule has 0 saturated carbocycles. The molecule has 1 aromatic heterocycles. The summed E-state index contributed by atoms with van der Waals surface area (Å²) in [4.78, 5) is 14.4. The molecule has 18 heavy (non-hydrogen) atoms. The molecular weight excluding hydrogens is 232 g/mol. The molecule has 0 aliphatic carbocycles. The van der Waals surface area contributed by atoms with Gasteiger partial charge in [-0.1, -0.05) is 12.1 Å². The number of aromatic nitrogens is 2. The van der Waals surface area contributed by atoms with Crippen molar-refractivity contribution in [1.82, 2.24) is 14.9 Å². The zero-order valence-corrected chi connectivity index (χ0v) is 10.0. The van der Waals surface area contributed by atoms with E-state index >= 15 is 0 Å². The number of nitrogens with one attached hydrogen (secondary N) is 1. The quantitative estimate of drug-likeness (QED) is 0.642. The third-order valence-electron chi connectivity index (χ3n) is 2.51. The fourth-order valence-electron chi connectivity index (χ4n) is 1.67. The van der Waals surface area contributed by atoms with Gasteiger partial charge in [0.25, 0.3) is 5.69 Å². The fraction of sp³-hybridized carbons (Fsp3) is 0.250. The SMILES string of the molecule is Cn1cnc(CNCc2cccc([N+](=O)[O-])c2)c1. The van der Waals surface area contributed by atoms with Gasteiger partial charge in [0.05, 0.1) is 16.9 Å². The van der Waals surface area contributed by atoms with Crippen molar-refractivity contribution in [3.8, 4) is 0 Å². The van der Waals surface area contributed by atoms with Crippen molar-refractivity contribution in [2.75, 3.05) is 0 Å². The number of rotatable bonds is 5. The van der Waals surface area contributed by atoms with E-state index in [2.05, 4.69) is 10.3 Å². The van der Waals surface area contributed by atoms with Crippen LogP contribution in [0, 0.1) is 10.1 Å². The first-order valence-corrected chi connectivity index (χ1v) is 5.56. The number of aryl methyl sites for hydroxylation is 1. The number of nitro groups is 1. The molecule has 0 amide bonds. The van der Waals surface area contributed by atoms with E-state index in [1.165, 1.54) is 6.07 Å². The Balaban J connectivity index is 1.90. The minimum Gasteiger partial charge on any atom is -0.340 e.